The van der Waals surface area contributed by atoms with Gasteiger partial charge in [-0.05, 0) is 31.5 Å². The molecule has 1 aliphatic heterocycles. The van der Waals surface area contributed by atoms with E-state index in [-0.39, 0.29) is 18.2 Å². The number of carbonyl (C=O) groups excluding carboxylic acids is 1. The quantitative estimate of drug-likeness (QED) is 0.593. The van der Waals surface area contributed by atoms with E-state index >= 15 is 0 Å². The molecule has 0 bridgehead atoms. The van der Waals surface area contributed by atoms with Gasteiger partial charge in [0.1, 0.15) is 6.29 Å². The summed E-state index contributed by atoms with van der Waals surface area (Å²) in [5.41, 5.74) is 2.34. The van der Waals surface area contributed by atoms with Gasteiger partial charge >= 0.3 is 0 Å². The minimum absolute atomic E-state index is 0.0194. The van der Waals surface area contributed by atoms with E-state index in [4.69, 9.17) is 14.2 Å². The fraction of sp³-hybridized carbons (Fsp3) is 0.650. The molecule has 2 rings (SSSR count). The van der Waals surface area contributed by atoms with Crippen LogP contribution in [0.15, 0.2) is 24.3 Å². The van der Waals surface area contributed by atoms with Gasteiger partial charge in [-0.3, -0.25) is 4.90 Å². The molecule has 0 amide bonds. The highest BCUT2D eigenvalue weighted by molar-refractivity contribution is 5.57. The smallest absolute Gasteiger partial charge is 0.136 e. The Balaban J connectivity index is 2.25. The molecule has 26 heavy (non-hydrogen) atoms. The molecule has 0 aliphatic carbocycles. The van der Waals surface area contributed by atoms with Crippen LogP contribution in [-0.2, 0) is 19.0 Å². The molecule has 3 unspecified atom stereocenters. The molecule has 0 aromatic heterocycles. The SMILES string of the molecule is COCCN(C(C)C=O)C(c1ccc(N2CCOCC2)cc1)C(C)OC. The summed E-state index contributed by atoms with van der Waals surface area (Å²) >= 11 is 0. The van der Waals surface area contributed by atoms with Crippen molar-refractivity contribution in [3.05, 3.63) is 29.8 Å². The normalized spacial score (nSPS) is 18.6. The highest BCUT2D eigenvalue weighted by Crippen LogP contribution is 2.29. The summed E-state index contributed by atoms with van der Waals surface area (Å²) in [6.07, 6.45) is 0.927. The summed E-state index contributed by atoms with van der Waals surface area (Å²) in [5, 5.41) is 0. The molecule has 1 aliphatic rings. The predicted molar refractivity (Wildman–Crippen MR) is 103 cm³/mol. The summed E-state index contributed by atoms with van der Waals surface area (Å²) in [4.78, 5) is 16.0. The number of benzene rings is 1. The number of hydrogen-bond donors (Lipinski definition) is 0. The maximum absolute atomic E-state index is 11.5. The molecule has 0 spiro atoms. The van der Waals surface area contributed by atoms with Crippen LogP contribution in [0.1, 0.15) is 25.5 Å². The second-order valence-electron chi connectivity index (χ2n) is 6.68. The molecule has 0 radical (unpaired) electrons. The molecule has 146 valence electrons. The van der Waals surface area contributed by atoms with Crippen molar-refractivity contribution in [2.45, 2.75) is 32.0 Å². The van der Waals surface area contributed by atoms with E-state index in [2.05, 4.69) is 34.1 Å². The molecule has 1 saturated heterocycles. The fourth-order valence-electron chi connectivity index (χ4n) is 3.44. The Kier molecular flexibility index (Phi) is 8.51. The van der Waals surface area contributed by atoms with Crippen molar-refractivity contribution in [3.63, 3.8) is 0 Å². The molecule has 1 aromatic rings. The van der Waals surface area contributed by atoms with Crippen LogP contribution in [0.5, 0.6) is 0 Å². The standard InChI is InChI=1S/C20H32N2O4/c1-16(15-23)22(11-12-24-3)20(17(2)25-4)18-5-7-19(8-6-18)21-9-13-26-14-10-21/h5-8,15-17,20H,9-14H2,1-4H3. The molecule has 6 heteroatoms. The fourth-order valence-corrected chi connectivity index (χ4v) is 3.44. The van der Waals surface area contributed by atoms with E-state index < -0.39 is 0 Å². The molecule has 0 saturated carbocycles. The maximum atomic E-state index is 11.5. The molecule has 1 aromatic carbocycles. The average molecular weight is 364 g/mol. The van der Waals surface area contributed by atoms with Gasteiger partial charge in [-0.15, -0.1) is 0 Å². The predicted octanol–water partition coefficient (Wildman–Crippen LogP) is 2.13. The Morgan fingerprint density at radius 1 is 1.19 bits per heavy atom. The first-order valence-electron chi connectivity index (χ1n) is 9.27. The van der Waals surface area contributed by atoms with Crippen LogP contribution in [0.2, 0.25) is 0 Å². The number of ether oxygens (including phenoxy) is 3. The molecule has 0 N–H and O–H groups in total. The van der Waals surface area contributed by atoms with E-state index in [1.165, 1.54) is 5.69 Å². The van der Waals surface area contributed by atoms with E-state index in [0.29, 0.717) is 13.2 Å². The number of carbonyl (C=O) groups is 1. The topological polar surface area (TPSA) is 51.2 Å². The zero-order valence-corrected chi connectivity index (χ0v) is 16.4. The van der Waals surface area contributed by atoms with Crippen LogP contribution in [0, 0.1) is 0 Å². The lowest BCUT2D eigenvalue weighted by molar-refractivity contribution is -0.114. The highest BCUT2D eigenvalue weighted by atomic mass is 16.5. The van der Waals surface area contributed by atoms with Crippen LogP contribution in [0.4, 0.5) is 5.69 Å². The Morgan fingerprint density at radius 2 is 1.85 bits per heavy atom. The molecular weight excluding hydrogens is 332 g/mol. The van der Waals surface area contributed by atoms with Gasteiger partial charge < -0.3 is 23.9 Å². The van der Waals surface area contributed by atoms with Gasteiger partial charge in [-0.1, -0.05) is 12.1 Å². The lowest BCUT2D eigenvalue weighted by atomic mass is 9.98. The van der Waals surface area contributed by atoms with E-state index in [1.807, 2.05) is 13.8 Å². The van der Waals surface area contributed by atoms with Crippen molar-refractivity contribution in [2.24, 2.45) is 0 Å². The Labute approximate surface area is 157 Å². The number of morpholine rings is 1. The van der Waals surface area contributed by atoms with Gasteiger partial charge in [-0.25, -0.2) is 0 Å². The van der Waals surface area contributed by atoms with E-state index in [1.54, 1.807) is 14.2 Å². The molecule has 1 fully saturated rings. The van der Waals surface area contributed by atoms with Crippen molar-refractivity contribution in [1.82, 2.24) is 4.90 Å². The monoisotopic (exact) mass is 364 g/mol. The zero-order valence-electron chi connectivity index (χ0n) is 16.4. The van der Waals surface area contributed by atoms with Crippen LogP contribution < -0.4 is 4.90 Å². The minimum Gasteiger partial charge on any atom is -0.383 e. The third-order valence-electron chi connectivity index (χ3n) is 5.06. The van der Waals surface area contributed by atoms with Crippen molar-refractivity contribution in [3.8, 4) is 0 Å². The van der Waals surface area contributed by atoms with Crippen LogP contribution in [0.25, 0.3) is 0 Å². The number of rotatable bonds is 10. The van der Waals surface area contributed by atoms with Gasteiger partial charge in [0, 0.05) is 39.5 Å². The third kappa shape index (κ3) is 5.27. The van der Waals surface area contributed by atoms with Crippen molar-refractivity contribution >= 4 is 12.0 Å². The first-order chi connectivity index (χ1) is 12.6. The van der Waals surface area contributed by atoms with Crippen molar-refractivity contribution in [1.29, 1.82) is 0 Å². The van der Waals surface area contributed by atoms with Gasteiger partial charge in [-0.2, -0.15) is 0 Å². The molecular formula is C20H32N2O4. The number of hydrogen-bond acceptors (Lipinski definition) is 6. The Hall–Kier alpha value is -1.47. The van der Waals surface area contributed by atoms with Gasteiger partial charge in [0.15, 0.2) is 0 Å². The highest BCUT2D eigenvalue weighted by Gasteiger charge is 2.29. The van der Waals surface area contributed by atoms with E-state index in [0.717, 1.165) is 38.2 Å². The third-order valence-corrected chi connectivity index (χ3v) is 5.06. The summed E-state index contributed by atoms with van der Waals surface area (Å²) in [6, 6.07) is 8.34. The molecule has 3 atom stereocenters. The van der Waals surface area contributed by atoms with Gasteiger partial charge in [0.05, 0.1) is 38.0 Å². The number of nitrogens with zero attached hydrogens (tertiary/aromatic N) is 2. The second kappa shape index (κ2) is 10.6. The van der Waals surface area contributed by atoms with Crippen molar-refractivity contribution in [2.75, 3.05) is 58.6 Å². The van der Waals surface area contributed by atoms with E-state index in [9.17, 15) is 4.79 Å². The lowest BCUT2D eigenvalue weighted by Gasteiger charge is -2.37. The Bertz CT molecular complexity index is 531. The number of aldehydes is 1. The van der Waals surface area contributed by atoms with Gasteiger partial charge in [0.25, 0.3) is 0 Å². The maximum Gasteiger partial charge on any atom is 0.136 e. The summed E-state index contributed by atoms with van der Waals surface area (Å²) in [6.45, 7) is 8.56. The van der Waals surface area contributed by atoms with Crippen LogP contribution >= 0.6 is 0 Å². The van der Waals surface area contributed by atoms with Crippen LogP contribution in [-0.4, -0.2) is 77.0 Å². The Morgan fingerprint density at radius 3 is 2.38 bits per heavy atom. The first-order valence-corrected chi connectivity index (χ1v) is 9.27. The summed E-state index contributed by atoms with van der Waals surface area (Å²) in [5.74, 6) is 0. The largest absolute Gasteiger partial charge is 0.383 e. The number of methoxy groups -OCH3 is 2. The first kappa shape index (κ1) is 20.8. The summed E-state index contributed by atoms with van der Waals surface area (Å²) < 4.78 is 16.3. The minimum atomic E-state index is -0.216. The summed E-state index contributed by atoms with van der Waals surface area (Å²) in [7, 11) is 3.38. The molecule has 1 heterocycles. The molecule has 6 nitrogen and oxygen atoms in total. The second-order valence-corrected chi connectivity index (χ2v) is 6.68. The van der Waals surface area contributed by atoms with Crippen molar-refractivity contribution < 1.29 is 19.0 Å². The van der Waals surface area contributed by atoms with Gasteiger partial charge in [0.2, 0.25) is 0 Å². The zero-order chi connectivity index (χ0) is 18.9. The number of anilines is 1. The average Bonchev–Trinajstić information content (AvgIpc) is 2.71. The van der Waals surface area contributed by atoms with Crippen LogP contribution in [0.3, 0.4) is 0 Å². The lowest BCUT2D eigenvalue weighted by Crippen LogP contribution is -2.44.